The van der Waals surface area contributed by atoms with E-state index in [-0.39, 0.29) is 12.1 Å². The molecule has 1 aromatic rings. The molecule has 0 bridgehead atoms. The molecule has 0 saturated carbocycles. The van der Waals surface area contributed by atoms with Crippen LogP contribution >= 0.6 is 0 Å². The number of aliphatic hydroxyl groups excluding tert-OH is 1. The number of aliphatic hydroxyl groups is 1. The van der Waals surface area contributed by atoms with E-state index >= 15 is 0 Å². The molecular formula is C15H29N3O. The molecule has 0 spiro atoms. The summed E-state index contributed by atoms with van der Waals surface area (Å²) in [6.07, 6.45) is 3.99. The second kappa shape index (κ2) is 7.06. The Morgan fingerprint density at radius 2 is 1.95 bits per heavy atom. The SMILES string of the molecule is CCCC(C)(CO)NCc1c(CC)nn(C)c1CC. The first-order valence-corrected chi connectivity index (χ1v) is 7.40. The van der Waals surface area contributed by atoms with E-state index in [1.54, 1.807) is 0 Å². The van der Waals surface area contributed by atoms with Crippen molar-refractivity contribution in [2.75, 3.05) is 6.61 Å². The van der Waals surface area contributed by atoms with Crippen LogP contribution in [0.25, 0.3) is 0 Å². The summed E-state index contributed by atoms with van der Waals surface area (Å²) in [4.78, 5) is 0. The second-order valence-corrected chi connectivity index (χ2v) is 5.52. The third-order valence-corrected chi connectivity index (χ3v) is 3.87. The van der Waals surface area contributed by atoms with E-state index < -0.39 is 0 Å². The largest absolute Gasteiger partial charge is 0.394 e. The first-order chi connectivity index (χ1) is 9.01. The molecule has 110 valence electrons. The smallest absolute Gasteiger partial charge is 0.0669 e. The van der Waals surface area contributed by atoms with Crippen molar-refractivity contribution in [1.82, 2.24) is 15.1 Å². The molecule has 4 heteroatoms. The lowest BCUT2D eigenvalue weighted by atomic mass is 9.96. The lowest BCUT2D eigenvalue weighted by Gasteiger charge is -2.28. The van der Waals surface area contributed by atoms with Crippen LogP contribution in [0.1, 0.15) is 57.5 Å². The van der Waals surface area contributed by atoms with E-state index in [1.165, 1.54) is 17.0 Å². The van der Waals surface area contributed by atoms with E-state index in [4.69, 9.17) is 0 Å². The van der Waals surface area contributed by atoms with E-state index in [9.17, 15) is 5.11 Å². The number of hydrogen-bond donors (Lipinski definition) is 2. The maximum absolute atomic E-state index is 9.57. The van der Waals surface area contributed by atoms with Gasteiger partial charge in [-0.15, -0.1) is 0 Å². The molecule has 1 aromatic heterocycles. The number of hydrogen-bond acceptors (Lipinski definition) is 3. The zero-order valence-corrected chi connectivity index (χ0v) is 13.1. The molecule has 0 fully saturated rings. The van der Waals surface area contributed by atoms with Gasteiger partial charge in [-0.2, -0.15) is 5.10 Å². The van der Waals surface area contributed by atoms with Gasteiger partial charge in [-0.25, -0.2) is 0 Å². The molecule has 4 nitrogen and oxygen atoms in total. The molecule has 1 rings (SSSR count). The zero-order chi connectivity index (χ0) is 14.5. The number of aromatic nitrogens is 2. The number of nitrogens with one attached hydrogen (secondary N) is 1. The normalized spacial score (nSPS) is 14.6. The molecule has 0 saturated heterocycles. The van der Waals surface area contributed by atoms with Gasteiger partial charge < -0.3 is 10.4 Å². The van der Waals surface area contributed by atoms with Gasteiger partial charge in [-0.05, 0) is 26.2 Å². The van der Waals surface area contributed by atoms with Crippen LogP contribution in [0.15, 0.2) is 0 Å². The van der Waals surface area contributed by atoms with Crippen molar-refractivity contribution in [3.8, 4) is 0 Å². The van der Waals surface area contributed by atoms with Gasteiger partial charge >= 0.3 is 0 Å². The summed E-state index contributed by atoms with van der Waals surface area (Å²) in [6, 6.07) is 0. The van der Waals surface area contributed by atoms with Gasteiger partial charge in [0.15, 0.2) is 0 Å². The van der Waals surface area contributed by atoms with Gasteiger partial charge in [0.05, 0.1) is 12.3 Å². The Morgan fingerprint density at radius 3 is 2.42 bits per heavy atom. The molecule has 0 aliphatic carbocycles. The quantitative estimate of drug-likeness (QED) is 0.759. The Kier molecular flexibility index (Phi) is 6.01. The minimum atomic E-state index is -0.194. The van der Waals surface area contributed by atoms with Crippen molar-refractivity contribution in [1.29, 1.82) is 0 Å². The molecular weight excluding hydrogens is 238 g/mol. The summed E-state index contributed by atoms with van der Waals surface area (Å²) in [5.41, 5.74) is 3.58. The van der Waals surface area contributed by atoms with Crippen LogP contribution in [0.4, 0.5) is 0 Å². The summed E-state index contributed by atoms with van der Waals surface area (Å²) in [5, 5.41) is 17.7. The minimum Gasteiger partial charge on any atom is -0.394 e. The molecule has 0 aromatic carbocycles. The highest BCUT2D eigenvalue weighted by atomic mass is 16.3. The van der Waals surface area contributed by atoms with E-state index in [0.29, 0.717) is 0 Å². The Bertz CT molecular complexity index is 400. The van der Waals surface area contributed by atoms with Crippen LogP contribution in [0.2, 0.25) is 0 Å². The maximum atomic E-state index is 9.57. The van der Waals surface area contributed by atoms with Crippen molar-refractivity contribution in [3.05, 3.63) is 17.0 Å². The monoisotopic (exact) mass is 267 g/mol. The van der Waals surface area contributed by atoms with E-state index in [1.807, 2.05) is 11.7 Å². The average Bonchev–Trinajstić information content (AvgIpc) is 2.72. The van der Waals surface area contributed by atoms with Gasteiger partial charge in [-0.3, -0.25) is 4.68 Å². The molecule has 1 heterocycles. The lowest BCUT2D eigenvalue weighted by Crippen LogP contribution is -2.45. The van der Waals surface area contributed by atoms with Crippen molar-refractivity contribution >= 4 is 0 Å². The highest BCUT2D eigenvalue weighted by molar-refractivity contribution is 5.26. The van der Waals surface area contributed by atoms with E-state index in [2.05, 4.69) is 38.1 Å². The number of aryl methyl sites for hydroxylation is 2. The third-order valence-electron chi connectivity index (χ3n) is 3.87. The minimum absolute atomic E-state index is 0.171. The van der Waals surface area contributed by atoms with Crippen LogP contribution in [0, 0.1) is 0 Å². The second-order valence-electron chi connectivity index (χ2n) is 5.52. The van der Waals surface area contributed by atoms with Gasteiger partial charge in [0.25, 0.3) is 0 Å². The number of nitrogens with zero attached hydrogens (tertiary/aromatic N) is 2. The topological polar surface area (TPSA) is 50.1 Å². The maximum Gasteiger partial charge on any atom is 0.0669 e. The fourth-order valence-electron chi connectivity index (χ4n) is 2.67. The van der Waals surface area contributed by atoms with Crippen LogP contribution in [-0.4, -0.2) is 27.0 Å². The molecule has 2 N–H and O–H groups in total. The van der Waals surface area contributed by atoms with Gasteiger partial charge in [0.1, 0.15) is 0 Å². The van der Waals surface area contributed by atoms with Crippen molar-refractivity contribution < 1.29 is 5.11 Å². The van der Waals surface area contributed by atoms with Gasteiger partial charge in [0.2, 0.25) is 0 Å². The molecule has 0 radical (unpaired) electrons. The summed E-state index contributed by atoms with van der Waals surface area (Å²) in [6.45, 7) is 9.50. The average molecular weight is 267 g/mol. The number of rotatable bonds is 8. The van der Waals surface area contributed by atoms with E-state index in [0.717, 1.165) is 32.2 Å². The highest BCUT2D eigenvalue weighted by Crippen LogP contribution is 2.18. The van der Waals surface area contributed by atoms with Crippen LogP contribution in [-0.2, 0) is 26.4 Å². The predicted octanol–water partition coefficient (Wildman–Crippen LogP) is 2.19. The third kappa shape index (κ3) is 3.80. The van der Waals surface area contributed by atoms with Crippen LogP contribution in [0.5, 0.6) is 0 Å². The molecule has 0 aliphatic heterocycles. The summed E-state index contributed by atoms with van der Waals surface area (Å²) in [7, 11) is 2.01. The standard InChI is InChI=1S/C15H29N3O/c1-6-9-15(4,11-19)16-10-12-13(7-2)17-18(5)14(12)8-3/h16,19H,6-11H2,1-5H3. The van der Waals surface area contributed by atoms with Crippen molar-refractivity contribution in [2.24, 2.45) is 7.05 Å². The molecule has 1 atom stereocenters. The Morgan fingerprint density at radius 1 is 1.26 bits per heavy atom. The van der Waals surface area contributed by atoms with Crippen LogP contribution < -0.4 is 5.32 Å². The summed E-state index contributed by atoms with van der Waals surface area (Å²) < 4.78 is 1.99. The first kappa shape index (κ1) is 16.2. The predicted molar refractivity (Wildman–Crippen MR) is 79.2 cm³/mol. The van der Waals surface area contributed by atoms with Gasteiger partial charge in [0, 0.05) is 30.4 Å². The lowest BCUT2D eigenvalue weighted by molar-refractivity contribution is 0.163. The Balaban J connectivity index is 2.87. The Hall–Kier alpha value is -0.870. The summed E-state index contributed by atoms with van der Waals surface area (Å²) >= 11 is 0. The van der Waals surface area contributed by atoms with Crippen molar-refractivity contribution in [3.63, 3.8) is 0 Å². The highest BCUT2D eigenvalue weighted by Gasteiger charge is 2.23. The zero-order valence-electron chi connectivity index (χ0n) is 13.1. The molecule has 1 unspecified atom stereocenters. The molecule has 0 aliphatic rings. The molecule has 0 amide bonds. The van der Waals surface area contributed by atoms with Gasteiger partial charge in [-0.1, -0.05) is 27.2 Å². The first-order valence-electron chi connectivity index (χ1n) is 7.40. The van der Waals surface area contributed by atoms with Crippen LogP contribution in [0.3, 0.4) is 0 Å². The molecule has 19 heavy (non-hydrogen) atoms. The van der Waals surface area contributed by atoms with Crippen molar-refractivity contribution in [2.45, 2.75) is 65.5 Å². The summed E-state index contributed by atoms with van der Waals surface area (Å²) in [5.74, 6) is 0. The fourth-order valence-corrected chi connectivity index (χ4v) is 2.67. The fraction of sp³-hybridized carbons (Fsp3) is 0.800. The Labute approximate surface area is 117 Å².